The third kappa shape index (κ3) is 21.0. The number of nitriles is 2. The van der Waals surface area contributed by atoms with Gasteiger partial charge in [-0.25, -0.2) is 39.5 Å². The number of piperazine rings is 3. The SMILES string of the molecule is CC(C)(C)OC(=O)N1CCN(C2CCC(Nc3ncnc4ccc(Br)cc34)CC2)CC1.CC(C)(C)OC(=O)N1CCN(C2CCC(Nc3ncnc4ccc(CC#N)cc34)CC2)CC1.CC1(C)OB(c2cnoc2)OC1(C)C.N#CCc1ccc2ncnc(NC3CCC(N4CCNCC4)CC3)c2c1. The number of nitrogens with zero attached hydrogens (tertiary/aromatic N) is 14. The van der Waals surface area contributed by atoms with E-state index in [1.807, 2.05) is 128 Å². The number of benzene rings is 3. The zero-order valence-corrected chi connectivity index (χ0v) is 64.1. The van der Waals surface area contributed by atoms with E-state index in [4.69, 9.17) is 33.8 Å². The summed E-state index contributed by atoms with van der Waals surface area (Å²) in [7, 11) is -0.369. The zero-order chi connectivity index (χ0) is 73.6. The van der Waals surface area contributed by atoms with Crippen LogP contribution in [-0.2, 0) is 31.6 Å². The van der Waals surface area contributed by atoms with Crippen molar-refractivity contribution < 1.29 is 32.9 Å². The molecule has 3 aromatic carbocycles. The predicted octanol–water partition coefficient (Wildman–Crippen LogP) is 11.9. The van der Waals surface area contributed by atoms with Gasteiger partial charge in [0, 0.05) is 141 Å². The van der Waals surface area contributed by atoms with Gasteiger partial charge in [0.05, 0.1) is 58.9 Å². The van der Waals surface area contributed by atoms with Crippen molar-refractivity contribution in [1.82, 2.24) is 64.9 Å². The van der Waals surface area contributed by atoms with Crippen LogP contribution in [0.3, 0.4) is 0 Å². The Morgan fingerprint density at radius 2 is 0.904 bits per heavy atom. The van der Waals surface area contributed by atoms with Crippen LogP contribution in [0.5, 0.6) is 0 Å². The minimum Gasteiger partial charge on any atom is -0.444 e. The van der Waals surface area contributed by atoms with Gasteiger partial charge in [0.25, 0.3) is 0 Å². The van der Waals surface area contributed by atoms with E-state index >= 15 is 0 Å². The van der Waals surface area contributed by atoms with E-state index in [-0.39, 0.29) is 30.5 Å². The number of hydrogen-bond acceptors (Lipinski definition) is 23. The molecule has 27 heteroatoms. The van der Waals surface area contributed by atoms with E-state index in [1.54, 1.807) is 31.4 Å². The van der Waals surface area contributed by atoms with Crippen LogP contribution in [0, 0.1) is 22.7 Å². The number of aromatic nitrogens is 7. The van der Waals surface area contributed by atoms with Crippen LogP contribution in [0.2, 0.25) is 0 Å². The third-order valence-electron chi connectivity index (χ3n) is 21.3. The van der Waals surface area contributed by atoms with Gasteiger partial charge < -0.3 is 54.4 Å². The minimum absolute atomic E-state index is 0.191. The summed E-state index contributed by atoms with van der Waals surface area (Å²) >= 11 is 3.55. The largest absolute Gasteiger partial charge is 0.499 e. The van der Waals surface area contributed by atoms with Gasteiger partial charge in [-0.3, -0.25) is 14.7 Å². The second-order valence-corrected chi connectivity index (χ2v) is 32.4. The Labute approximate surface area is 621 Å². The zero-order valence-electron chi connectivity index (χ0n) is 62.5. The summed E-state index contributed by atoms with van der Waals surface area (Å²) in [4.78, 5) is 62.6. The van der Waals surface area contributed by atoms with E-state index in [1.165, 1.54) is 38.8 Å². The highest BCUT2D eigenvalue weighted by atomic mass is 79.9. The van der Waals surface area contributed by atoms with Gasteiger partial charge in [-0.2, -0.15) is 10.5 Å². The second-order valence-electron chi connectivity index (χ2n) is 31.5. The van der Waals surface area contributed by atoms with Gasteiger partial charge in [-0.15, -0.1) is 0 Å². The van der Waals surface area contributed by atoms with Crippen molar-refractivity contribution in [2.24, 2.45) is 0 Å². The molecule has 25 nitrogen and oxygen atoms in total. The molecule has 104 heavy (non-hydrogen) atoms. The fraction of sp³-hybridized carbons (Fsp3) is 0.597. The van der Waals surface area contributed by atoms with Gasteiger partial charge in [0.2, 0.25) is 0 Å². The maximum absolute atomic E-state index is 12.3. The maximum atomic E-state index is 12.3. The van der Waals surface area contributed by atoms with E-state index < -0.39 is 11.2 Å². The van der Waals surface area contributed by atoms with Crippen LogP contribution >= 0.6 is 15.9 Å². The van der Waals surface area contributed by atoms with Crippen LogP contribution in [0.15, 0.2) is 95.0 Å². The Hall–Kier alpha value is -7.89. The summed E-state index contributed by atoms with van der Waals surface area (Å²) < 4.78 is 28.4. The number of carbonyl (C=O) groups is 2. The van der Waals surface area contributed by atoms with Crippen LogP contribution in [0.4, 0.5) is 27.0 Å². The van der Waals surface area contributed by atoms with Crippen molar-refractivity contribution >= 4 is 90.9 Å². The van der Waals surface area contributed by atoms with Crippen molar-refractivity contribution in [1.29, 1.82) is 10.5 Å². The molecule has 4 saturated heterocycles. The highest BCUT2D eigenvalue weighted by Gasteiger charge is 2.52. The van der Waals surface area contributed by atoms with Crippen molar-refractivity contribution in [2.75, 3.05) is 94.5 Å². The Bertz CT molecular complexity index is 4030. The van der Waals surface area contributed by atoms with Crippen LogP contribution in [-0.4, -0.2) is 216 Å². The predicted molar refractivity (Wildman–Crippen MR) is 409 cm³/mol. The first-order chi connectivity index (χ1) is 49.9. The molecule has 0 spiro atoms. The number of fused-ring (bicyclic) bond motifs is 3. The van der Waals surface area contributed by atoms with E-state index in [0.29, 0.717) is 43.1 Å². The Kier molecular flexibility index (Phi) is 26.0. The number of carbonyl (C=O) groups excluding carboxylic acids is 2. The topological polar surface area (TPSA) is 286 Å². The maximum Gasteiger partial charge on any atom is 0.499 e. The molecule has 4 aromatic heterocycles. The van der Waals surface area contributed by atoms with Crippen molar-refractivity contribution in [2.45, 2.75) is 218 Å². The summed E-state index contributed by atoms with van der Waals surface area (Å²) in [6.07, 6.45) is 22.3. The smallest absolute Gasteiger partial charge is 0.444 e. The first-order valence-electron chi connectivity index (χ1n) is 37.4. The monoisotopic (exact) mass is 1480 g/mol. The average molecular weight is 1490 g/mol. The molecule has 2 amide bonds. The molecule has 0 radical (unpaired) electrons. The van der Waals surface area contributed by atoms with Gasteiger partial charge in [-0.1, -0.05) is 33.2 Å². The lowest BCUT2D eigenvalue weighted by Gasteiger charge is -2.42. The van der Waals surface area contributed by atoms with Gasteiger partial charge in [0.1, 0.15) is 53.9 Å². The van der Waals surface area contributed by atoms with Crippen molar-refractivity contribution in [3.63, 3.8) is 0 Å². The molecule has 8 heterocycles. The number of hydrogen-bond donors (Lipinski definition) is 4. The molecular weight excluding hydrogens is 1380 g/mol. The molecule has 4 aliphatic heterocycles. The first-order valence-corrected chi connectivity index (χ1v) is 38.2. The fourth-order valence-electron chi connectivity index (χ4n) is 14.9. The number of ether oxygens (including phenoxy) is 2. The molecule has 3 aliphatic carbocycles. The molecule has 7 aliphatic rings. The van der Waals surface area contributed by atoms with Gasteiger partial charge in [0.15, 0.2) is 0 Å². The summed E-state index contributed by atoms with van der Waals surface area (Å²) in [6, 6.07) is 25.6. The molecule has 0 atom stereocenters. The standard InChI is InChI=1S/C25H34N6O2.C23H32BrN5O2.C20H26N6.C9H14BNO3/c1-25(2,3)33-24(32)31-14-12-30(13-15-31)20-7-5-19(6-8-20)29-23-21-16-18(10-11-26)4-9-22(21)27-17-28-23;1-23(2,3)31-22(30)29-12-10-28(11-13-29)18-7-5-17(6-8-18)27-21-19-14-16(24)4-9-20(19)25-15-26-21;21-8-7-15-1-6-19-18(13-15)20(24-14-23-19)25-16-2-4-17(5-3-16)26-11-9-22-10-12-26;1-8(2)9(3,4)14-10(13-8)7-5-11-12-6-7/h4,9,16-17,19-20H,5-8,10,12-15H2,1-3H3,(H,27,28,29);4,9,14-15,17-18H,5-8,10-13H2,1-3H3,(H,25,26,27);1,6,13-14,16-17,22H,2-5,7,9-12H2,(H,23,24,25);5-6H,1-4H3. The molecule has 3 saturated carbocycles. The molecular formula is C77H106BBrN18O7. The summed E-state index contributed by atoms with van der Waals surface area (Å²) in [6.45, 7) is 30.7. The number of amides is 2. The minimum atomic E-state index is -0.452. The Morgan fingerprint density at radius 1 is 0.538 bits per heavy atom. The first kappa shape index (κ1) is 77.2. The lowest BCUT2D eigenvalue weighted by atomic mass is 9.82. The Balaban J connectivity index is 0.000000144. The summed E-state index contributed by atoms with van der Waals surface area (Å²) in [5.74, 6) is 2.68. The highest BCUT2D eigenvalue weighted by Crippen LogP contribution is 2.37. The molecule has 7 aromatic rings. The van der Waals surface area contributed by atoms with E-state index in [0.717, 1.165) is 194 Å². The van der Waals surface area contributed by atoms with Crippen LogP contribution in [0.1, 0.15) is 157 Å². The molecule has 14 rings (SSSR count). The quantitative estimate of drug-likeness (QED) is 0.0827. The molecule has 556 valence electrons. The summed E-state index contributed by atoms with van der Waals surface area (Å²) in [5, 5.41) is 39.0. The van der Waals surface area contributed by atoms with Crippen molar-refractivity contribution in [3.05, 3.63) is 102 Å². The normalized spacial score (nSPS) is 23.2. The highest BCUT2D eigenvalue weighted by molar-refractivity contribution is 9.10. The van der Waals surface area contributed by atoms with Gasteiger partial charge >= 0.3 is 19.3 Å². The van der Waals surface area contributed by atoms with Crippen LogP contribution < -0.4 is 26.7 Å². The summed E-state index contributed by atoms with van der Waals surface area (Å²) in [5.41, 5.74) is 4.09. The van der Waals surface area contributed by atoms with Gasteiger partial charge in [-0.05, 0) is 200 Å². The second kappa shape index (κ2) is 35.0. The third-order valence-corrected chi connectivity index (χ3v) is 21.8. The molecule has 4 N–H and O–H groups in total. The number of rotatable bonds is 12. The van der Waals surface area contributed by atoms with E-state index in [2.05, 4.69) is 105 Å². The average Bonchev–Trinajstić information content (AvgIpc) is 1.61. The fourth-order valence-corrected chi connectivity index (χ4v) is 15.2. The number of halogens is 1. The lowest BCUT2D eigenvalue weighted by Crippen LogP contribution is -2.53. The molecule has 0 bridgehead atoms. The number of anilines is 3. The Morgan fingerprint density at radius 3 is 1.26 bits per heavy atom. The molecule has 0 unspecified atom stereocenters. The number of nitrogens with one attached hydrogen (secondary N) is 4. The molecule has 7 fully saturated rings. The lowest BCUT2D eigenvalue weighted by molar-refractivity contribution is 0.00578. The van der Waals surface area contributed by atoms with Crippen LogP contribution in [0.25, 0.3) is 32.7 Å². The van der Waals surface area contributed by atoms with E-state index in [9.17, 15) is 9.59 Å². The van der Waals surface area contributed by atoms with Crippen molar-refractivity contribution in [3.8, 4) is 12.1 Å².